The molecule has 1 fully saturated rings. The number of hydrogen-bond donors (Lipinski definition) is 3. The van der Waals surface area contributed by atoms with Gasteiger partial charge in [-0.05, 0) is 43.2 Å². The quantitative estimate of drug-likeness (QED) is 0.807. The third-order valence-corrected chi connectivity index (χ3v) is 4.23. The van der Waals surface area contributed by atoms with Crippen LogP contribution in [0.15, 0.2) is 42.5 Å². The summed E-state index contributed by atoms with van der Waals surface area (Å²) in [5.41, 5.74) is 8.01. The van der Waals surface area contributed by atoms with Gasteiger partial charge in [0.05, 0.1) is 0 Å². The maximum atomic E-state index is 13.5. The van der Waals surface area contributed by atoms with Crippen LogP contribution in [-0.2, 0) is 4.79 Å². The van der Waals surface area contributed by atoms with Crippen molar-refractivity contribution >= 4 is 23.2 Å². The molecule has 3 rings (SSSR count). The molecule has 3 N–H and O–H groups in total. The van der Waals surface area contributed by atoms with Gasteiger partial charge in [0.2, 0.25) is 5.91 Å². The Morgan fingerprint density at radius 3 is 2.83 bits per heavy atom. The number of nitrogens with one attached hydrogen (secondary N) is 3. The maximum absolute atomic E-state index is 13.5. The second kappa shape index (κ2) is 6.66. The van der Waals surface area contributed by atoms with Crippen molar-refractivity contribution in [1.82, 2.24) is 10.9 Å². The number of hydrazine groups is 1. The molecule has 23 heavy (non-hydrogen) atoms. The summed E-state index contributed by atoms with van der Waals surface area (Å²) in [5.74, 6) is -0.534. The zero-order valence-electron chi connectivity index (χ0n) is 12.6. The van der Waals surface area contributed by atoms with E-state index in [1.807, 2.05) is 24.3 Å². The number of rotatable bonds is 3. The molecule has 2 aromatic carbocycles. The first-order valence-corrected chi connectivity index (χ1v) is 7.75. The molecule has 0 aromatic heterocycles. The van der Waals surface area contributed by atoms with Gasteiger partial charge in [-0.3, -0.25) is 4.79 Å². The van der Waals surface area contributed by atoms with Gasteiger partial charge in [-0.25, -0.2) is 15.2 Å². The molecule has 0 aliphatic carbocycles. The minimum Gasteiger partial charge on any atom is -0.324 e. The van der Waals surface area contributed by atoms with Crippen LogP contribution >= 0.6 is 11.6 Å². The average molecular weight is 334 g/mol. The lowest BCUT2D eigenvalue weighted by atomic mass is 10.0. The van der Waals surface area contributed by atoms with Crippen molar-refractivity contribution < 1.29 is 9.18 Å². The van der Waals surface area contributed by atoms with Crippen LogP contribution in [-0.4, -0.2) is 11.9 Å². The lowest BCUT2D eigenvalue weighted by molar-refractivity contribution is -0.117. The van der Waals surface area contributed by atoms with E-state index in [4.69, 9.17) is 11.6 Å². The van der Waals surface area contributed by atoms with Gasteiger partial charge in [-0.15, -0.1) is 0 Å². The number of benzene rings is 2. The molecule has 120 valence electrons. The molecule has 2 unspecified atom stereocenters. The lowest BCUT2D eigenvalue weighted by Gasteiger charge is -2.13. The fraction of sp³-hybridized carbons (Fsp3) is 0.235. The van der Waals surface area contributed by atoms with Crippen molar-refractivity contribution in [2.24, 2.45) is 0 Å². The molecule has 0 bridgehead atoms. The summed E-state index contributed by atoms with van der Waals surface area (Å²) in [6.45, 7) is 1.64. The van der Waals surface area contributed by atoms with Crippen molar-refractivity contribution in [3.63, 3.8) is 0 Å². The molecule has 1 aliphatic heterocycles. The standard InChI is InChI=1S/C17H17ClFN3O/c1-10-13(19)6-3-7-14(10)20-17(23)16-9-15(21-22-16)11-4-2-5-12(18)8-11/h2-8,15-16,21-22H,9H2,1H3,(H,20,23). The number of halogens is 2. The smallest absolute Gasteiger partial charge is 0.242 e. The van der Waals surface area contributed by atoms with Crippen LogP contribution in [0.2, 0.25) is 5.02 Å². The predicted molar refractivity (Wildman–Crippen MR) is 88.6 cm³/mol. The minimum absolute atomic E-state index is 0.00180. The largest absolute Gasteiger partial charge is 0.324 e. The van der Waals surface area contributed by atoms with E-state index in [0.717, 1.165) is 5.56 Å². The van der Waals surface area contributed by atoms with E-state index in [1.165, 1.54) is 6.07 Å². The Bertz CT molecular complexity index is 738. The highest BCUT2D eigenvalue weighted by Crippen LogP contribution is 2.25. The van der Waals surface area contributed by atoms with Gasteiger partial charge in [-0.2, -0.15) is 0 Å². The monoisotopic (exact) mass is 333 g/mol. The van der Waals surface area contributed by atoms with Crippen LogP contribution in [0.3, 0.4) is 0 Å². The molecule has 2 atom stereocenters. The molecule has 0 spiro atoms. The summed E-state index contributed by atoms with van der Waals surface area (Å²) in [6, 6.07) is 11.8. The highest BCUT2D eigenvalue weighted by Gasteiger charge is 2.30. The Morgan fingerprint density at radius 2 is 2.04 bits per heavy atom. The van der Waals surface area contributed by atoms with E-state index >= 15 is 0 Å². The topological polar surface area (TPSA) is 53.2 Å². The first-order chi connectivity index (χ1) is 11.0. The fourth-order valence-electron chi connectivity index (χ4n) is 2.63. The van der Waals surface area contributed by atoms with Crippen molar-refractivity contribution in [2.75, 3.05) is 5.32 Å². The number of carbonyl (C=O) groups is 1. The third-order valence-electron chi connectivity index (χ3n) is 4.00. The number of hydrogen-bond acceptors (Lipinski definition) is 3. The van der Waals surface area contributed by atoms with E-state index in [1.54, 1.807) is 19.1 Å². The van der Waals surface area contributed by atoms with Gasteiger partial charge in [0.25, 0.3) is 0 Å². The molecule has 6 heteroatoms. The van der Waals surface area contributed by atoms with Gasteiger partial charge in [-0.1, -0.05) is 29.8 Å². The van der Waals surface area contributed by atoms with Crippen molar-refractivity contribution in [1.29, 1.82) is 0 Å². The Kier molecular flexibility index (Phi) is 4.61. The van der Waals surface area contributed by atoms with Crippen molar-refractivity contribution in [3.05, 3.63) is 64.4 Å². The van der Waals surface area contributed by atoms with Crippen LogP contribution in [0.4, 0.5) is 10.1 Å². The van der Waals surface area contributed by atoms with E-state index < -0.39 is 6.04 Å². The summed E-state index contributed by atoms with van der Waals surface area (Å²) < 4.78 is 13.5. The highest BCUT2D eigenvalue weighted by atomic mass is 35.5. The van der Waals surface area contributed by atoms with Crippen LogP contribution in [0, 0.1) is 12.7 Å². The molecule has 1 amide bonds. The molecule has 0 saturated carbocycles. The Morgan fingerprint density at radius 1 is 1.26 bits per heavy atom. The normalized spacial score (nSPS) is 20.5. The van der Waals surface area contributed by atoms with Crippen molar-refractivity contribution in [3.8, 4) is 0 Å². The van der Waals surface area contributed by atoms with E-state index in [2.05, 4.69) is 16.2 Å². The first kappa shape index (κ1) is 15.9. The molecule has 1 saturated heterocycles. The molecule has 2 aromatic rings. The van der Waals surface area contributed by atoms with Crippen LogP contribution in [0.1, 0.15) is 23.6 Å². The Labute approximate surface area is 139 Å². The summed E-state index contributed by atoms with van der Waals surface area (Å²) in [6.07, 6.45) is 0.584. The van der Waals surface area contributed by atoms with Gasteiger partial charge < -0.3 is 5.32 Å². The zero-order chi connectivity index (χ0) is 16.4. The molecule has 0 radical (unpaired) electrons. The molecule has 4 nitrogen and oxygen atoms in total. The molecule has 1 heterocycles. The highest BCUT2D eigenvalue weighted by molar-refractivity contribution is 6.30. The summed E-state index contributed by atoms with van der Waals surface area (Å²) in [5, 5.41) is 3.43. The number of carbonyl (C=O) groups excluding carboxylic acids is 1. The summed E-state index contributed by atoms with van der Waals surface area (Å²) >= 11 is 6.00. The van der Waals surface area contributed by atoms with Crippen LogP contribution in [0.5, 0.6) is 0 Å². The fourth-order valence-corrected chi connectivity index (χ4v) is 2.83. The zero-order valence-corrected chi connectivity index (χ0v) is 13.3. The van der Waals surface area contributed by atoms with Gasteiger partial charge in [0.15, 0.2) is 0 Å². The Balaban J connectivity index is 1.67. The van der Waals surface area contributed by atoms with Gasteiger partial charge in [0.1, 0.15) is 11.9 Å². The minimum atomic E-state index is -0.401. The molecule has 1 aliphatic rings. The molecular weight excluding hydrogens is 317 g/mol. The average Bonchev–Trinajstić information content (AvgIpc) is 3.02. The number of amides is 1. The summed E-state index contributed by atoms with van der Waals surface area (Å²) in [7, 11) is 0. The van der Waals surface area contributed by atoms with Gasteiger partial charge in [0, 0.05) is 22.3 Å². The second-order valence-electron chi connectivity index (χ2n) is 5.59. The third kappa shape index (κ3) is 3.52. The molecular formula is C17H17ClFN3O. The maximum Gasteiger partial charge on any atom is 0.242 e. The van der Waals surface area contributed by atoms with Crippen molar-refractivity contribution in [2.45, 2.75) is 25.4 Å². The van der Waals surface area contributed by atoms with Gasteiger partial charge >= 0.3 is 0 Å². The predicted octanol–water partition coefficient (Wildman–Crippen LogP) is 3.33. The Hall–Kier alpha value is -1.95. The first-order valence-electron chi connectivity index (χ1n) is 7.37. The van der Waals surface area contributed by atoms with E-state index in [-0.39, 0.29) is 17.8 Å². The van der Waals surface area contributed by atoms with E-state index in [9.17, 15) is 9.18 Å². The SMILES string of the molecule is Cc1c(F)cccc1NC(=O)C1CC(c2cccc(Cl)c2)NN1. The van der Waals surface area contributed by atoms with Crippen LogP contribution in [0.25, 0.3) is 0 Å². The van der Waals surface area contributed by atoms with E-state index in [0.29, 0.717) is 22.7 Å². The lowest BCUT2D eigenvalue weighted by Crippen LogP contribution is -2.39. The summed E-state index contributed by atoms with van der Waals surface area (Å²) in [4.78, 5) is 12.4. The second-order valence-corrected chi connectivity index (χ2v) is 6.02. The number of anilines is 1. The van der Waals surface area contributed by atoms with Crippen LogP contribution < -0.4 is 16.2 Å².